The van der Waals surface area contributed by atoms with Crippen molar-refractivity contribution in [3.8, 4) is 0 Å². The zero-order valence-electron chi connectivity index (χ0n) is 10.6. The lowest BCUT2D eigenvalue weighted by molar-refractivity contribution is -0.142. The van der Waals surface area contributed by atoms with E-state index in [0.29, 0.717) is 5.76 Å². The van der Waals surface area contributed by atoms with E-state index in [4.69, 9.17) is 9.52 Å². The number of furan rings is 1. The molecule has 7 nitrogen and oxygen atoms in total. The number of aryl methyl sites for hydroxylation is 1. The van der Waals surface area contributed by atoms with Crippen LogP contribution in [0.5, 0.6) is 0 Å². The summed E-state index contributed by atoms with van der Waals surface area (Å²) in [4.78, 5) is 33.6. The molecule has 104 valence electrons. The van der Waals surface area contributed by atoms with Crippen LogP contribution in [0.2, 0.25) is 0 Å². The van der Waals surface area contributed by atoms with Crippen molar-refractivity contribution in [1.29, 1.82) is 0 Å². The number of methoxy groups -OCH3 is 1. The number of rotatable bonds is 6. The van der Waals surface area contributed by atoms with Gasteiger partial charge in [0, 0.05) is 6.42 Å². The number of hydrogen-bond acceptors (Lipinski definition) is 5. The molecule has 0 fully saturated rings. The Hall–Kier alpha value is -2.31. The van der Waals surface area contributed by atoms with Crippen LogP contribution in [0.1, 0.15) is 29.2 Å². The highest BCUT2D eigenvalue weighted by atomic mass is 16.5. The van der Waals surface area contributed by atoms with Gasteiger partial charge in [0.1, 0.15) is 11.8 Å². The molecule has 1 rings (SSSR count). The molecule has 0 aromatic carbocycles. The van der Waals surface area contributed by atoms with Crippen LogP contribution in [0.4, 0.5) is 0 Å². The normalized spacial score (nSPS) is 11.7. The van der Waals surface area contributed by atoms with Gasteiger partial charge >= 0.3 is 11.9 Å². The van der Waals surface area contributed by atoms with E-state index in [1.807, 2.05) is 0 Å². The average molecular weight is 269 g/mol. The fourth-order valence-corrected chi connectivity index (χ4v) is 1.41. The summed E-state index contributed by atoms with van der Waals surface area (Å²) < 4.78 is 9.49. The van der Waals surface area contributed by atoms with Crippen LogP contribution in [0.3, 0.4) is 0 Å². The topological polar surface area (TPSA) is 106 Å². The molecule has 0 saturated carbocycles. The van der Waals surface area contributed by atoms with Gasteiger partial charge in [-0.15, -0.1) is 0 Å². The SMILES string of the molecule is COC(=O)CC[C@@H](NC(=O)c1ccc(C)o1)C(=O)O. The average Bonchev–Trinajstić information content (AvgIpc) is 2.80. The molecule has 0 aliphatic heterocycles. The maximum atomic E-state index is 11.7. The molecule has 7 heteroatoms. The first-order valence-corrected chi connectivity index (χ1v) is 5.61. The summed E-state index contributed by atoms with van der Waals surface area (Å²) in [7, 11) is 1.21. The van der Waals surface area contributed by atoms with E-state index in [9.17, 15) is 14.4 Å². The van der Waals surface area contributed by atoms with Crippen molar-refractivity contribution in [1.82, 2.24) is 5.32 Å². The van der Waals surface area contributed by atoms with Gasteiger partial charge in [0.25, 0.3) is 5.91 Å². The highest BCUT2D eigenvalue weighted by Crippen LogP contribution is 2.07. The number of esters is 1. The van der Waals surface area contributed by atoms with E-state index in [0.717, 1.165) is 0 Å². The molecule has 0 spiro atoms. The number of hydrogen-bond donors (Lipinski definition) is 2. The smallest absolute Gasteiger partial charge is 0.326 e. The quantitative estimate of drug-likeness (QED) is 0.737. The van der Waals surface area contributed by atoms with Crippen LogP contribution in [0, 0.1) is 6.92 Å². The maximum absolute atomic E-state index is 11.7. The molecule has 2 N–H and O–H groups in total. The van der Waals surface area contributed by atoms with Crippen LogP contribution in [0.15, 0.2) is 16.5 Å². The van der Waals surface area contributed by atoms with Crippen molar-refractivity contribution in [2.24, 2.45) is 0 Å². The molecule has 19 heavy (non-hydrogen) atoms. The summed E-state index contributed by atoms with van der Waals surface area (Å²) >= 11 is 0. The number of ether oxygens (including phenoxy) is 1. The van der Waals surface area contributed by atoms with Crippen molar-refractivity contribution in [3.05, 3.63) is 23.7 Å². The minimum atomic E-state index is -1.22. The summed E-state index contributed by atoms with van der Waals surface area (Å²) in [5.41, 5.74) is 0. The predicted octanol–water partition coefficient (Wildman–Crippen LogP) is 0.724. The number of carbonyl (C=O) groups is 3. The Morgan fingerprint density at radius 3 is 2.58 bits per heavy atom. The Morgan fingerprint density at radius 1 is 1.42 bits per heavy atom. The predicted molar refractivity (Wildman–Crippen MR) is 63.6 cm³/mol. The summed E-state index contributed by atoms with van der Waals surface area (Å²) in [5, 5.41) is 11.2. The Morgan fingerprint density at radius 2 is 2.11 bits per heavy atom. The highest BCUT2D eigenvalue weighted by molar-refractivity contribution is 5.94. The molecule has 0 unspecified atom stereocenters. The van der Waals surface area contributed by atoms with Crippen LogP contribution in [0.25, 0.3) is 0 Å². The van der Waals surface area contributed by atoms with Gasteiger partial charge in [0.05, 0.1) is 7.11 Å². The fraction of sp³-hybridized carbons (Fsp3) is 0.417. The molecule has 0 bridgehead atoms. The van der Waals surface area contributed by atoms with Gasteiger partial charge in [0.15, 0.2) is 5.76 Å². The summed E-state index contributed by atoms with van der Waals surface area (Å²) in [6.07, 6.45) is -0.141. The second kappa shape index (κ2) is 6.58. The van der Waals surface area contributed by atoms with Crippen LogP contribution >= 0.6 is 0 Å². The Balaban J connectivity index is 2.61. The molecule has 0 saturated heterocycles. The van der Waals surface area contributed by atoms with Gasteiger partial charge < -0.3 is 19.6 Å². The third kappa shape index (κ3) is 4.46. The number of amides is 1. The van der Waals surface area contributed by atoms with Gasteiger partial charge in [0.2, 0.25) is 0 Å². The number of nitrogens with one attached hydrogen (secondary N) is 1. The van der Waals surface area contributed by atoms with E-state index in [-0.39, 0.29) is 18.6 Å². The maximum Gasteiger partial charge on any atom is 0.326 e. The van der Waals surface area contributed by atoms with Crippen molar-refractivity contribution in [3.63, 3.8) is 0 Å². The van der Waals surface area contributed by atoms with Gasteiger partial charge in [-0.3, -0.25) is 9.59 Å². The molecule has 1 aromatic heterocycles. The lowest BCUT2D eigenvalue weighted by atomic mass is 10.1. The van der Waals surface area contributed by atoms with E-state index < -0.39 is 23.9 Å². The van der Waals surface area contributed by atoms with Crippen molar-refractivity contribution < 1.29 is 28.6 Å². The van der Waals surface area contributed by atoms with Gasteiger partial charge in [-0.1, -0.05) is 0 Å². The summed E-state index contributed by atoms with van der Waals surface area (Å²) in [6, 6.07) is 1.88. The molecule has 0 aliphatic rings. The number of carboxylic acid groups (broad SMARTS) is 1. The van der Waals surface area contributed by atoms with Crippen molar-refractivity contribution in [2.45, 2.75) is 25.8 Å². The Labute approximate surface area is 109 Å². The second-order valence-electron chi connectivity index (χ2n) is 3.89. The molecular formula is C12H15NO6. The van der Waals surface area contributed by atoms with Crippen LogP contribution < -0.4 is 5.32 Å². The number of aliphatic carboxylic acids is 1. The second-order valence-corrected chi connectivity index (χ2v) is 3.89. The summed E-state index contributed by atoms with van der Waals surface area (Å²) in [6.45, 7) is 1.67. The first kappa shape index (κ1) is 14.7. The molecule has 1 heterocycles. The first-order chi connectivity index (χ1) is 8.93. The first-order valence-electron chi connectivity index (χ1n) is 5.61. The lowest BCUT2D eigenvalue weighted by Gasteiger charge is -2.12. The summed E-state index contributed by atoms with van der Waals surface area (Å²) in [5.74, 6) is -1.81. The van der Waals surface area contributed by atoms with Crippen LogP contribution in [-0.4, -0.2) is 36.1 Å². The molecule has 1 amide bonds. The monoisotopic (exact) mass is 269 g/mol. The molecule has 1 atom stereocenters. The lowest BCUT2D eigenvalue weighted by Crippen LogP contribution is -2.41. The molecule has 0 radical (unpaired) electrons. The zero-order chi connectivity index (χ0) is 14.4. The molecule has 0 aliphatic carbocycles. The van der Waals surface area contributed by atoms with Gasteiger partial charge in [-0.2, -0.15) is 0 Å². The Bertz CT molecular complexity index is 478. The largest absolute Gasteiger partial charge is 0.480 e. The minimum Gasteiger partial charge on any atom is -0.480 e. The van der Waals surface area contributed by atoms with Crippen molar-refractivity contribution in [2.75, 3.05) is 7.11 Å². The molecular weight excluding hydrogens is 254 g/mol. The van der Waals surface area contributed by atoms with Crippen molar-refractivity contribution >= 4 is 17.8 Å². The fourth-order valence-electron chi connectivity index (χ4n) is 1.41. The van der Waals surface area contributed by atoms with E-state index in [2.05, 4.69) is 10.1 Å². The Kier molecular flexibility index (Phi) is 5.11. The van der Waals surface area contributed by atoms with E-state index in [1.165, 1.54) is 13.2 Å². The zero-order valence-corrected chi connectivity index (χ0v) is 10.6. The third-order valence-electron chi connectivity index (χ3n) is 2.43. The third-order valence-corrected chi connectivity index (χ3v) is 2.43. The highest BCUT2D eigenvalue weighted by Gasteiger charge is 2.23. The van der Waals surface area contributed by atoms with Crippen LogP contribution in [-0.2, 0) is 14.3 Å². The number of carbonyl (C=O) groups excluding carboxylic acids is 2. The molecule has 1 aromatic rings. The van der Waals surface area contributed by atoms with E-state index in [1.54, 1.807) is 13.0 Å². The number of carboxylic acids is 1. The standard InChI is InChI=1S/C12H15NO6/c1-7-3-5-9(19-7)11(15)13-8(12(16)17)4-6-10(14)18-2/h3,5,8H,4,6H2,1-2H3,(H,13,15)(H,16,17)/t8-/m1/s1. The van der Waals surface area contributed by atoms with E-state index >= 15 is 0 Å². The van der Waals surface area contributed by atoms with Gasteiger partial charge in [-0.05, 0) is 25.5 Å². The minimum absolute atomic E-state index is 0.0295. The van der Waals surface area contributed by atoms with Gasteiger partial charge in [-0.25, -0.2) is 4.79 Å².